The number of aromatic nitrogens is 1. The first-order valence-electron chi connectivity index (χ1n) is 9.44. The van der Waals surface area contributed by atoms with E-state index in [0.717, 1.165) is 11.3 Å². The first kappa shape index (κ1) is 21.2. The summed E-state index contributed by atoms with van der Waals surface area (Å²) in [6.45, 7) is 4.51. The zero-order valence-electron chi connectivity index (χ0n) is 16.4. The second kappa shape index (κ2) is 7.40. The molecule has 1 aromatic rings. The van der Waals surface area contributed by atoms with Crippen molar-refractivity contribution in [3.8, 4) is 0 Å². The van der Waals surface area contributed by atoms with Crippen molar-refractivity contribution in [3.63, 3.8) is 0 Å². The summed E-state index contributed by atoms with van der Waals surface area (Å²) in [6, 6.07) is 3.34. The Hall–Kier alpha value is -2.49. The molecule has 3 rings (SSSR count). The highest BCUT2D eigenvalue weighted by atomic mass is 32.2. The number of carbonyl (C=O) groups excluding carboxylic acids is 2. The Kier molecular flexibility index (Phi) is 5.42. The van der Waals surface area contributed by atoms with Crippen molar-refractivity contribution in [3.05, 3.63) is 30.1 Å². The summed E-state index contributed by atoms with van der Waals surface area (Å²) in [7, 11) is -4.04. The number of hydrogen-bond acceptors (Lipinski definition) is 7. The number of fused-ring (bicyclic) bond motifs is 1. The number of sulfone groups is 1. The molecule has 0 unspecified atom stereocenters. The van der Waals surface area contributed by atoms with E-state index < -0.39 is 55.9 Å². The van der Waals surface area contributed by atoms with E-state index in [4.69, 9.17) is 4.74 Å². The Morgan fingerprint density at radius 1 is 1.34 bits per heavy atom. The lowest BCUT2D eigenvalue weighted by Crippen LogP contribution is -2.65. The fraction of sp³-hybridized carbons (Fsp3) is 0.579. The van der Waals surface area contributed by atoms with Gasteiger partial charge in [-0.05, 0) is 32.4 Å². The Morgan fingerprint density at radius 3 is 2.59 bits per heavy atom. The number of unbranched alkanes of at least 4 members (excludes halogenated alkanes) is 1. The van der Waals surface area contributed by atoms with Gasteiger partial charge in [-0.1, -0.05) is 19.4 Å². The molecule has 2 fully saturated rings. The number of ether oxygens (including phenoxy) is 1. The predicted octanol–water partition coefficient (Wildman–Crippen LogP) is 1.30. The van der Waals surface area contributed by atoms with Crippen molar-refractivity contribution < 1.29 is 32.6 Å². The lowest BCUT2D eigenvalue weighted by molar-refractivity contribution is -0.176. The van der Waals surface area contributed by atoms with E-state index in [9.17, 15) is 27.9 Å². The highest BCUT2D eigenvalue weighted by Gasteiger charge is 2.74. The number of hydrogen-bond donors (Lipinski definition) is 1. The van der Waals surface area contributed by atoms with E-state index >= 15 is 0 Å². The maximum atomic E-state index is 13.1. The van der Waals surface area contributed by atoms with Crippen LogP contribution in [0.5, 0.6) is 0 Å². The molecule has 0 spiro atoms. The number of carboxylic acid groups (broad SMARTS) is 1. The topological polar surface area (TPSA) is 131 Å². The molecule has 2 aliphatic heterocycles. The summed E-state index contributed by atoms with van der Waals surface area (Å²) < 4.78 is 30.1. The number of carboxylic acids is 1. The van der Waals surface area contributed by atoms with Crippen LogP contribution >= 0.6 is 0 Å². The Bertz CT molecular complexity index is 929. The second-order valence-corrected chi connectivity index (χ2v) is 10.4. The van der Waals surface area contributed by atoms with Gasteiger partial charge >= 0.3 is 11.9 Å². The summed E-state index contributed by atoms with van der Waals surface area (Å²) in [5.74, 6) is -3.85. The zero-order valence-corrected chi connectivity index (χ0v) is 17.3. The molecule has 10 heteroatoms. The maximum absolute atomic E-state index is 13.1. The Morgan fingerprint density at radius 2 is 2.03 bits per heavy atom. The third-order valence-electron chi connectivity index (χ3n) is 5.64. The molecule has 0 aliphatic carbocycles. The number of aliphatic carboxylic acids is 1. The molecule has 1 N–H and O–H groups in total. The van der Waals surface area contributed by atoms with E-state index in [1.54, 1.807) is 18.2 Å². The molecule has 158 valence electrons. The van der Waals surface area contributed by atoms with Gasteiger partial charge in [0.2, 0.25) is 5.91 Å². The molecular weight excluding hydrogens is 400 g/mol. The molecule has 1 amide bonds. The van der Waals surface area contributed by atoms with Gasteiger partial charge in [0.05, 0.1) is 10.4 Å². The monoisotopic (exact) mass is 424 g/mol. The SMILES string of the molecule is CCCCC(=O)O[C@@H](c1ccccn1)[C@@H]1C(=O)N2[C@@H](C(=O)O)C(C)(C)S(=O)(=O)[C@H]12. The van der Waals surface area contributed by atoms with E-state index in [2.05, 4.69) is 4.98 Å². The minimum atomic E-state index is -4.04. The number of nitrogens with zero attached hydrogens (tertiary/aromatic N) is 2. The van der Waals surface area contributed by atoms with E-state index in [1.807, 2.05) is 6.92 Å². The average Bonchev–Trinajstić information content (AvgIpc) is 2.80. The molecule has 9 nitrogen and oxygen atoms in total. The zero-order chi connectivity index (χ0) is 21.6. The van der Waals surface area contributed by atoms with Crippen LogP contribution in [0.15, 0.2) is 24.4 Å². The first-order valence-corrected chi connectivity index (χ1v) is 11.0. The number of β-lactam (4-membered cyclic amide) rings is 1. The second-order valence-electron chi connectivity index (χ2n) is 7.82. The van der Waals surface area contributed by atoms with Crippen molar-refractivity contribution in [2.75, 3.05) is 0 Å². The number of amides is 1. The number of carbonyl (C=O) groups is 3. The summed E-state index contributed by atoms with van der Waals surface area (Å²) in [4.78, 5) is 42.0. The van der Waals surface area contributed by atoms with Gasteiger partial charge in [-0.2, -0.15) is 0 Å². The van der Waals surface area contributed by atoms with Gasteiger partial charge in [0.1, 0.15) is 12.0 Å². The van der Waals surface area contributed by atoms with Crippen molar-refractivity contribution in [1.82, 2.24) is 9.88 Å². The minimum absolute atomic E-state index is 0.130. The van der Waals surface area contributed by atoms with Crippen LogP contribution in [0.1, 0.15) is 51.8 Å². The van der Waals surface area contributed by atoms with Crippen LogP contribution in [0, 0.1) is 5.92 Å². The maximum Gasteiger partial charge on any atom is 0.328 e. The molecule has 2 aliphatic rings. The summed E-state index contributed by atoms with van der Waals surface area (Å²) >= 11 is 0. The van der Waals surface area contributed by atoms with Gasteiger partial charge < -0.3 is 14.7 Å². The predicted molar refractivity (Wildman–Crippen MR) is 101 cm³/mol. The minimum Gasteiger partial charge on any atom is -0.480 e. The van der Waals surface area contributed by atoms with E-state index in [0.29, 0.717) is 6.42 Å². The van der Waals surface area contributed by atoms with Gasteiger partial charge in [-0.25, -0.2) is 13.2 Å². The van der Waals surface area contributed by atoms with Crippen LogP contribution < -0.4 is 0 Å². The fourth-order valence-corrected chi connectivity index (χ4v) is 6.33. The smallest absolute Gasteiger partial charge is 0.328 e. The van der Waals surface area contributed by atoms with Crippen LogP contribution in [0.2, 0.25) is 0 Å². The first-order chi connectivity index (χ1) is 13.6. The van der Waals surface area contributed by atoms with Gasteiger partial charge in [-0.3, -0.25) is 14.6 Å². The van der Waals surface area contributed by atoms with Crippen LogP contribution in [-0.4, -0.2) is 57.4 Å². The molecule has 0 aromatic carbocycles. The Balaban J connectivity index is 2.01. The molecule has 0 bridgehead atoms. The summed E-state index contributed by atoms with van der Waals surface area (Å²) in [5, 5.41) is 8.17. The van der Waals surface area contributed by atoms with Crippen molar-refractivity contribution >= 4 is 27.7 Å². The van der Waals surface area contributed by atoms with Crippen molar-refractivity contribution in [1.29, 1.82) is 0 Å². The molecule has 0 saturated carbocycles. The molecule has 3 heterocycles. The highest BCUT2D eigenvalue weighted by Crippen LogP contribution is 2.52. The summed E-state index contributed by atoms with van der Waals surface area (Å²) in [5.41, 5.74) is 0.252. The number of rotatable bonds is 7. The summed E-state index contributed by atoms with van der Waals surface area (Å²) in [6.07, 6.45) is 1.74. The van der Waals surface area contributed by atoms with Crippen molar-refractivity contribution in [2.24, 2.45) is 5.92 Å². The molecule has 29 heavy (non-hydrogen) atoms. The van der Waals surface area contributed by atoms with E-state index in [-0.39, 0.29) is 12.1 Å². The number of pyridine rings is 1. The standard InChI is InChI=1S/C19H24N2O7S/c1-4-5-9-12(22)28-14(11-8-6-7-10-20-11)13-16(23)21-15(18(24)25)19(2,3)29(26,27)17(13)21/h6-8,10,13-15,17H,4-5,9H2,1-3H3,(H,24,25)/t13-,14+,15+,17-/m1/s1. The van der Waals surface area contributed by atoms with Crippen molar-refractivity contribution in [2.45, 2.75) is 62.3 Å². The molecular formula is C19H24N2O7S. The van der Waals surface area contributed by atoms with Gasteiger partial charge in [0.25, 0.3) is 0 Å². The third kappa shape index (κ3) is 3.19. The molecule has 1 aromatic heterocycles. The fourth-order valence-electron chi connectivity index (χ4n) is 4.01. The van der Waals surface area contributed by atoms with Crippen LogP contribution in [0.4, 0.5) is 0 Å². The third-order valence-corrected chi connectivity index (χ3v) is 8.49. The average molecular weight is 424 g/mol. The lowest BCUT2D eigenvalue weighted by Gasteiger charge is -2.45. The van der Waals surface area contributed by atoms with Gasteiger partial charge in [-0.15, -0.1) is 0 Å². The van der Waals surface area contributed by atoms with E-state index in [1.165, 1.54) is 20.0 Å². The lowest BCUT2D eigenvalue weighted by atomic mass is 9.86. The molecule has 2 saturated heterocycles. The Labute approximate surface area is 169 Å². The largest absolute Gasteiger partial charge is 0.480 e. The van der Waals surface area contributed by atoms with Crippen LogP contribution in [-0.2, 0) is 29.0 Å². The highest BCUT2D eigenvalue weighted by molar-refractivity contribution is 7.93. The van der Waals surface area contributed by atoms with Crippen LogP contribution in [0.25, 0.3) is 0 Å². The quantitative estimate of drug-likeness (QED) is 0.512. The van der Waals surface area contributed by atoms with Gasteiger partial charge in [0, 0.05) is 12.6 Å². The normalized spacial score (nSPS) is 27.6. The van der Waals surface area contributed by atoms with Gasteiger partial charge in [0.15, 0.2) is 21.3 Å². The van der Waals surface area contributed by atoms with Crippen LogP contribution in [0.3, 0.4) is 0 Å². The molecule has 4 atom stereocenters. The molecule has 0 radical (unpaired) electrons. The number of esters is 1.